The van der Waals surface area contributed by atoms with E-state index in [1.165, 1.54) is 4.90 Å². The van der Waals surface area contributed by atoms with Crippen LogP contribution in [0.2, 0.25) is 0 Å². The molecule has 1 atom stereocenters. The quantitative estimate of drug-likeness (QED) is 0.554. The highest BCUT2D eigenvalue weighted by Crippen LogP contribution is 2.26. The number of aryl methyl sites for hydroxylation is 2. The van der Waals surface area contributed by atoms with Crippen LogP contribution in [0, 0.1) is 20.8 Å². The molecule has 0 bridgehead atoms. The standard InChI is InChI=1S/C26H37N3O4S/c1-8-23(26(31)27-18(2)3)28(16-22-14-10-9-12-20(22)5)25(30)17-29(34(7,32)33)24-15-11-13-19(4)21(24)6/h9-15,18,23H,8,16-17H2,1-7H3,(H,27,31)/t23-/m1/s1. The Kier molecular flexibility index (Phi) is 9.27. The molecule has 34 heavy (non-hydrogen) atoms. The van der Waals surface area contributed by atoms with Crippen LogP contribution in [-0.2, 0) is 26.2 Å². The van der Waals surface area contributed by atoms with Crippen LogP contribution in [0.3, 0.4) is 0 Å². The van der Waals surface area contributed by atoms with E-state index in [4.69, 9.17) is 0 Å². The molecule has 0 aliphatic carbocycles. The highest BCUT2D eigenvalue weighted by Gasteiger charge is 2.32. The lowest BCUT2D eigenvalue weighted by molar-refractivity contribution is -0.140. The summed E-state index contributed by atoms with van der Waals surface area (Å²) in [7, 11) is -3.75. The van der Waals surface area contributed by atoms with Crippen molar-refractivity contribution in [3.63, 3.8) is 0 Å². The second kappa shape index (κ2) is 11.5. The molecule has 0 spiro atoms. The maximum absolute atomic E-state index is 13.7. The van der Waals surface area contributed by atoms with Crippen LogP contribution >= 0.6 is 0 Å². The third kappa shape index (κ3) is 6.82. The molecule has 1 N–H and O–H groups in total. The van der Waals surface area contributed by atoms with Gasteiger partial charge in [-0.25, -0.2) is 8.42 Å². The molecular weight excluding hydrogens is 450 g/mol. The minimum atomic E-state index is -3.75. The van der Waals surface area contributed by atoms with Crippen LogP contribution in [0.15, 0.2) is 42.5 Å². The minimum Gasteiger partial charge on any atom is -0.352 e. The van der Waals surface area contributed by atoms with Crippen LogP contribution in [0.4, 0.5) is 5.69 Å². The summed E-state index contributed by atoms with van der Waals surface area (Å²) in [6.45, 7) is 11.1. The number of carbonyl (C=O) groups is 2. The fourth-order valence-corrected chi connectivity index (χ4v) is 4.77. The van der Waals surface area contributed by atoms with Crippen LogP contribution < -0.4 is 9.62 Å². The Balaban J connectivity index is 2.50. The van der Waals surface area contributed by atoms with E-state index in [0.717, 1.165) is 32.8 Å². The zero-order valence-corrected chi connectivity index (χ0v) is 22.1. The first-order chi connectivity index (χ1) is 15.9. The smallest absolute Gasteiger partial charge is 0.244 e. The van der Waals surface area contributed by atoms with E-state index in [1.54, 1.807) is 12.1 Å². The van der Waals surface area contributed by atoms with Crippen molar-refractivity contribution in [1.82, 2.24) is 10.2 Å². The number of amides is 2. The van der Waals surface area contributed by atoms with E-state index < -0.39 is 22.0 Å². The highest BCUT2D eigenvalue weighted by atomic mass is 32.2. The molecule has 0 fully saturated rings. The summed E-state index contributed by atoms with van der Waals surface area (Å²) >= 11 is 0. The number of sulfonamides is 1. The number of hydrogen-bond donors (Lipinski definition) is 1. The number of rotatable bonds is 10. The number of nitrogens with zero attached hydrogens (tertiary/aromatic N) is 2. The number of nitrogens with one attached hydrogen (secondary N) is 1. The average Bonchev–Trinajstić information content (AvgIpc) is 2.74. The van der Waals surface area contributed by atoms with Gasteiger partial charge in [-0.05, 0) is 69.4 Å². The van der Waals surface area contributed by atoms with E-state index >= 15 is 0 Å². The monoisotopic (exact) mass is 487 g/mol. The molecule has 0 saturated heterocycles. The minimum absolute atomic E-state index is 0.0839. The van der Waals surface area contributed by atoms with E-state index in [2.05, 4.69) is 5.32 Å². The largest absolute Gasteiger partial charge is 0.352 e. The van der Waals surface area contributed by atoms with Crippen molar-refractivity contribution in [1.29, 1.82) is 0 Å². The summed E-state index contributed by atoms with van der Waals surface area (Å²) in [6, 6.07) is 12.2. The summed E-state index contributed by atoms with van der Waals surface area (Å²) < 4.78 is 26.7. The fourth-order valence-electron chi connectivity index (χ4n) is 3.87. The fraction of sp³-hybridized carbons (Fsp3) is 0.462. The molecular formula is C26H37N3O4S. The van der Waals surface area contributed by atoms with Gasteiger partial charge in [0.15, 0.2) is 0 Å². The molecule has 0 saturated carbocycles. The first-order valence-corrected chi connectivity index (χ1v) is 13.4. The molecule has 2 rings (SSSR count). The molecule has 0 unspecified atom stereocenters. The second-order valence-electron chi connectivity index (χ2n) is 9.02. The molecule has 7 nitrogen and oxygen atoms in total. The zero-order valence-electron chi connectivity index (χ0n) is 21.3. The lowest BCUT2D eigenvalue weighted by Crippen LogP contribution is -2.53. The first kappa shape index (κ1) is 27.4. The van der Waals surface area contributed by atoms with Crippen LogP contribution in [0.1, 0.15) is 49.4 Å². The van der Waals surface area contributed by atoms with E-state index in [-0.39, 0.29) is 25.0 Å². The maximum Gasteiger partial charge on any atom is 0.244 e. The van der Waals surface area contributed by atoms with Gasteiger partial charge in [-0.15, -0.1) is 0 Å². The summed E-state index contributed by atoms with van der Waals surface area (Å²) in [5.41, 5.74) is 4.08. The summed E-state index contributed by atoms with van der Waals surface area (Å²) in [4.78, 5) is 28.2. The topological polar surface area (TPSA) is 86.8 Å². The van der Waals surface area contributed by atoms with E-state index in [9.17, 15) is 18.0 Å². The van der Waals surface area contributed by atoms with Gasteiger partial charge in [0, 0.05) is 12.6 Å². The molecule has 2 aromatic carbocycles. The summed E-state index contributed by atoms with van der Waals surface area (Å²) in [5.74, 6) is -0.683. The molecule has 0 aromatic heterocycles. The Morgan fingerprint density at radius 1 is 0.971 bits per heavy atom. The lowest BCUT2D eigenvalue weighted by atomic mass is 10.1. The number of anilines is 1. The van der Waals surface area contributed by atoms with Crippen molar-refractivity contribution >= 4 is 27.5 Å². The Hall–Kier alpha value is -2.87. The molecule has 2 amide bonds. The van der Waals surface area contributed by atoms with Gasteiger partial charge >= 0.3 is 0 Å². The summed E-state index contributed by atoms with van der Waals surface area (Å²) in [5, 5.41) is 2.90. The van der Waals surface area contributed by atoms with Gasteiger partial charge in [0.05, 0.1) is 11.9 Å². The molecule has 0 aliphatic heterocycles. The van der Waals surface area contributed by atoms with E-state index in [1.807, 2.05) is 71.9 Å². The highest BCUT2D eigenvalue weighted by molar-refractivity contribution is 7.92. The van der Waals surface area contributed by atoms with Gasteiger partial charge in [0.25, 0.3) is 0 Å². The van der Waals surface area contributed by atoms with Crippen molar-refractivity contribution in [2.24, 2.45) is 0 Å². The predicted molar refractivity (Wildman–Crippen MR) is 137 cm³/mol. The third-order valence-corrected chi connectivity index (χ3v) is 7.07. The summed E-state index contributed by atoms with van der Waals surface area (Å²) in [6.07, 6.45) is 1.50. The van der Waals surface area contributed by atoms with Crippen molar-refractivity contribution in [2.75, 3.05) is 17.1 Å². The third-order valence-electron chi connectivity index (χ3n) is 5.94. The predicted octanol–water partition coefficient (Wildman–Crippen LogP) is 3.71. The van der Waals surface area contributed by atoms with Gasteiger partial charge in [0.1, 0.15) is 12.6 Å². The van der Waals surface area contributed by atoms with Gasteiger partial charge in [-0.2, -0.15) is 0 Å². The van der Waals surface area contributed by atoms with Crippen LogP contribution in [-0.4, -0.2) is 50.0 Å². The number of carbonyl (C=O) groups excluding carboxylic acids is 2. The van der Waals surface area contributed by atoms with Gasteiger partial charge in [0.2, 0.25) is 21.8 Å². The Morgan fingerprint density at radius 3 is 2.15 bits per heavy atom. The number of benzene rings is 2. The van der Waals surface area contributed by atoms with E-state index in [0.29, 0.717) is 12.1 Å². The molecule has 8 heteroatoms. The average molecular weight is 488 g/mol. The first-order valence-electron chi connectivity index (χ1n) is 11.5. The zero-order chi connectivity index (χ0) is 25.6. The molecule has 186 valence electrons. The maximum atomic E-state index is 13.7. The van der Waals surface area contributed by atoms with Crippen molar-refractivity contribution in [2.45, 2.75) is 66.6 Å². The van der Waals surface area contributed by atoms with Crippen molar-refractivity contribution < 1.29 is 18.0 Å². The molecule has 0 heterocycles. The Labute approximate surface area is 204 Å². The number of hydrogen-bond acceptors (Lipinski definition) is 4. The lowest BCUT2D eigenvalue weighted by Gasteiger charge is -2.34. The normalized spacial score (nSPS) is 12.4. The van der Waals surface area contributed by atoms with Gasteiger partial charge in [-0.1, -0.05) is 43.3 Å². The van der Waals surface area contributed by atoms with Crippen molar-refractivity contribution in [3.05, 3.63) is 64.7 Å². The molecule has 2 aromatic rings. The SMILES string of the molecule is CC[C@H](C(=O)NC(C)C)N(Cc1ccccc1C)C(=O)CN(c1cccc(C)c1C)S(C)(=O)=O. The van der Waals surface area contributed by atoms with Crippen LogP contribution in [0.25, 0.3) is 0 Å². The van der Waals surface area contributed by atoms with Crippen molar-refractivity contribution in [3.8, 4) is 0 Å². The molecule has 0 aliphatic rings. The Bertz CT molecular complexity index is 1130. The second-order valence-corrected chi connectivity index (χ2v) is 10.9. The Morgan fingerprint density at radius 2 is 1.59 bits per heavy atom. The molecule has 0 radical (unpaired) electrons. The van der Waals surface area contributed by atoms with Gasteiger partial charge < -0.3 is 10.2 Å². The van der Waals surface area contributed by atoms with Crippen LogP contribution in [0.5, 0.6) is 0 Å². The van der Waals surface area contributed by atoms with Gasteiger partial charge in [-0.3, -0.25) is 13.9 Å².